The van der Waals surface area contributed by atoms with Gasteiger partial charge in [0.25, 0.3) is 0 Å². The van der Waals surface area contributed by atoms with Crippen LogP contribution < -0.4 is 10.1 Å². The fraction of sp³-hybridized carbons (Fsp3) is 0.294. The van der Waals surface area contributed by atoms with Crippen molar-refractivity contribution < 1.29 is 13.5 Å². The maximum atomic E-state index is 13.5. The van der Waals surface area contributed by atoms with E-state index in [0.29, 0.717) is 12.2 Å². The van der Waals surface area contributed by atoms with E-state index < -0.39 is 0 Å². The topological polar surface area (TPSA) is 21.3 Å². The molecule has 0 amide bonds. The average Bonchev–Trinajstić information content (AvgIpc) is 2.48. The first-order chi connectivity index (χ1) is 10.1. The fourth-order valence-electron chi connectivity index (χ4n) is 2.86. The number of rotatable bonds is 2. The number of benzene rings is 2. The molecule has 0 saturated heterocycles. The number of hydrogen-bond donors (Lipinski definition) is 1. The quantitative estimate of drug-likeness (QED) is 0.900. The lowest BCUT2D eigenvalue weighted by molar-refractivity contribution is 0.152. The van der Waals surface area contributed by atoms with Crippen LogP contribution in [0.3, 0.4) is 0 Å². The summed E-state index contributed by atoms with van der Waals surface area (Å²) in [5.41, 5.74) is 2.63. The lowest BCUT2D eigenvalue weighted by atomic mass is 9.91. The van der Waals surface area contributed by atoms with Crippen molar-refractivity contribution in [3.63, 3.8) is 0 Å². The molecule has 2 aromatic carbocycles. The second kappa shape index (κ2) is 5.45. The minimum Gasteiger partial charge on any atom is -0.485 e. The van der Waals surface area contributed by atoms with Gasteiger partial charge in [-0.15, -0.1) is 0 Å². The zero-order valence-corrected chi connectivity index (χ0v) is 12.0. The Labute approximate surface area is 122 Å². The van der Waals surface area contributed by atoms with Gasteiger partial charge in [0.05, 0.1) is 0 Å². The molecule has 0 aliphatic carbocycles. The molecule has 0 aromatic heterocycles. The molecule has 1 aliphatic heterocycles. The van der Waals surface area contributed by atoms with Gasteiger partial charge in [0.15, 0.2) is 0 Å². The van der Waals surface area contributed by atoms with E-state index >= 15 is 0 Å². The van der Waals surface area contributed by atoms with Gasteiger partial charge in [-0.05, 0) is 55.4 Å². The van der Waals surface area contributed by atoms with Crippen LogP contribution in [-0.2, 0) is 0 Å². The number of fused-ring (bicyclic) bond motifs is 1. The highest BCUT2D eigenvalue weighted by molar-refractivity contribution is 5.41. The van der Waals surface area contributed by atoms with Crippen LogP contribution in [0.2, 0.25) is 0 Å². The standard InChI is InChI=1S/C17H17F2NO/c1-10-3-4-11(18)7-13(10)17-9-15(20-2)14-8-12(19)5-6-16(14)21-17/h3-8,15,17,20H,9H2,1-2H3. The summed E-state index contributed by atoms with van der Waals surface area (Å²) in [6.07, 6.45) is 0.396. The normalized spacial score (nSPS) is 20.8. The Balaban J connectivity index is 2.00. The summed E-state index contributed by atoms with van der Waals surface area (Å²) >= 11 is 0. The molecule has 2 unspecified atom stereocenters. The van der Waals surface area contributed by atoms with E-state index in [1.165, 1.54) is 24.3 Å². The first-order valence-electron chi connectivity index (χ1n) is 6.98. The highest BCUT2D eigenvalue weighted by atomic mass is 19.1. The van der Waals surface area contributed by atoms with Gasteiger partial charge in [-0.1, -0.05) is 6.07 Å². The Hall–Kier alpha value is -1.94. The van der Waals surface area contributed by atoms with Crippen LogP contribution in [0, 0.1) is 18.6 Å². The number of nitrogens with one attached hydrogen (secondary N) is 1. The molecule has 0 radical (unpaired) electrons. The summed E-state index contributed by atoms with van der Waals surface area (Å²) < 4.78 is 32.9. The van der Waals surface area contributed by atoms with Crippen molar-refractivity contribution in [2.75, 3.05) is 7.05 Å². The second-order valence-corrected chi connectivity index (χ2v) is 5.37. The molecule has 1 heterocycles. The zero-order chi connectivity index (χ0) is 15.0. The minimum atomic E-state index is -0.280. The molecule has 0 bridgehead atoms. The van der Waals surface area contributed by atoms with Crippen LogP contribution in [0.4, 0.5) is 8.78 Å². The number of hydrogen-bond acceptors (Lipinski definition) is 2. The average molecular weight is 289 g/mol. The maximum Gasteiger partial charge on any atom is 0.126 e. The highest BCUT2D eigenvalue weighted by Crippen LogP contribution is 2.41. The van der Waals surface area contributed by atoms with Gasteiger partial charge < -0.3 is 10.1 Å². The molecule has 2 aromatic rings. The van der Waals surface area contributed by atoms with Gasteiger partial charge in [0.2, 0.25) is 0 Å². The first-order valence-corrected chi connectivity index (χ1v) is 6.98. The second-order valence-electron chi connectivity index (χ2n) is 5.37. The molecular formula is C17H17F2NO. The summed E-state index contributed by atoms with van der Waals surface area (Å²) in [6.45, 7) is 1.94. The zero-order valence-electron chi connectivity index (χ0n) is 12.0. The van der Waals surface area contributed by atoms with Crippen molar-refractivity contribution in [1.29, 1.82) is 0 Å². The largest absolute Gasteiger partial charge is 0.485 e. The molecule has 0 fully saturated rings. The summed E-state index contributed by atoms with van der Waals surface area (Å²) in [7, 11) is 1.83. The highest BCUT2D eigenvalue weighted by Gasteiger charge is 2.29. The monoisotopic (exact) mass is 289 g/mol. The van der Waals surface area contributed by atoms with Crippen molar-refractivity contribution in [1.82, 2.24) is 5.32 Å². The van der Waals surface area contributed by atoms with E-state index in [0.717, 1.165) is 16.7 Å². The molecule has 1 aliphatic rings. The first kappa shape index (κ1) is 14.0. The molecule has 2 nitrogen and oxygen atoms in total. The van der Waals surface area contributed by atoms with Crippen LogP contribution in [0.1, 0.15) is 35.3 Å². The van der Waals surface area contributed by atoms with Crippen LogP contribution in [0.5, 0.6) is 5.75 Å². The van der Waals surface area contributed by atoms with Crippen molar-refractivity contribution >= 4 is 0 Å². The van der Waals surface area contributed by atoms with Gasteiger partial charge >= 0.3 is 0 Å². The number of halogens is 2. The molecule has 21 heavy (non-hydrogen) atoms. The third kappa shape index (κ3) is 2.63. The van der Waals surface area contributed by atoms with E-state index in [2.05, 4.69) is 5.32 Å². The summed E-state index contributed by atoms with van der Waals surface area (Å²) in [6, 6.07) is 9.20. The Kier molecular flexibility index (Phi) is 3.64. The van der Waals surface area contributed by atoms with Crippen molar-refractivity contribution in [2.24, 2.45) is 0 Å². The third-order valence-corrected chi connectivity index (χ3v) is 4.00. The van der Waals surface area contributed by atoms with E-state index in [4.69, 9.17) is 4.74 Å². The Morgan fingerprint density at radius 1 is 1.05 bits per heavy atom. The SMILES string of the molecule is CNC1CC(c2cc(F)ccc2C)Oc2ccc(F)cc21. The lowest BCUT2D eigenvalue weighted by Gasteiger charge is -2.33. The van der Waals surface area contributed by atoms with Crippen LogP contribution in [0.15, 0.2) is 36.4 Å². The van der Waals surface area contributed by atoms with Crippen LogP contribution in [0.25, 0.3) is 0 Å². The van der Waals surface area contributed by atoms with Gasteiger partial charge in [-0.3, -0.25) is 0 Å². The summed E-state index contributed by atoms with van der Waals surface area (Å²) in [5, 5.41) is 3.18. The van der Waals surface area contributed by atoms with Crippen LogP contribution in [-0.4, -0.2) is 7.05 Å². The van der Waals surface area contributed by atoms with Crippen molar-refractivity contribution in [3.8, 4) is 5.75 Å². The smallest absolute Gasteiger partial charge is 0.126 e. The summed E-state index contributed by atoms with van der Waals surface area (Å²) in [4.78, 5) is 0. The minimum absolute atomic E-state index is 0.0166. The molecular weight excluding hydrogens is 272 g/mol. The number of ether oxygens (including phenoxy) is 1. The molecule has 1 N–H and O–H groups in total. The van der Waals surface area contributed by atoms with E-state index in [-0.39, 0.29) is 23.8 Å². The van der Waals surface area contributed by atoms with E-state index in [1.54, 1.807) is 12.1 Å². The Bertz CT molecular complexity index is 672. The van der Waals surface area contributed by atoms with Crippen molar-refractivity contribution in [3.05, 3.63) is 64.7 Å². The third-order valence-electron chi connectivity index (χ3n) is 4.00. The predicted octanol–water partition coefficient (Wildman–Crippen LogP) is 4.06. The van der Waals surface area contributed by atoms with Gasteiger partial charge in [0, 0.05) is 18.0 Å². The fourth-order valence-corrected chi connectivity index (χ4v) is 2.86. The van der Waals surface area contributed by atoms with Crippen LogP contribution >= 0.6 is 0 Å². The van der Waals surface area contributed by atoms with Gasteiger partial charge in [-0.25, -0.2) is 8.78 Å². The molecule has 0 saturated carbocycles. The number of aryl methyl sites for hydroxylation is 1. The lowest BCUT2D eigenvalue weighted by Crippen LogP contribution is -2.27. The Morgan fingerprint density at radius 3 is 2.43 bits per heavy atom. The molecule has 0 spiro atoms. The predicted molar refractivity (Wildman–Crippen MR) is 77.3 cm³/mol. The molecule has 110 valence electrons. The maximum absolute atomic E-state index is 13.5. The molecule has 2 atom stereocenters. The summed E-state index contributed by atoms with van der Waals surface area (Å²) in [5.74, 6) is 0.0961. The van der Waals surface area contributed by atoms with E-state index in [1.807, 2.05) is 14.0 Å². The van der Waals surface area contributed by atoms with E-state index in [9.17, 15) is 8.78 Å². The van der Waals surface area contributed by atoms with Gasteiger partial charge in [0.1, 0.15) is 23.5 Å². The molecule has 4 heteroatoms. The van der Waals surface area contributed by atoms with Crippen molar-refractivity contribution in [2.45, 2.75) is 25.5 Å². The molecule has 3 rings (SSSR count). The Morgan fingerprint density at radius 2 is 1.71 bits per heavy atom. The van der Waals surface area contributed by atoms with Gasteiger partial charge in [-0.2, -0.15) is 0 Å².